The van der Waals surface area contributed by atoms with Gasteiger partial charge in [0.2, 0.25) is 0 Å². The second-order valence-corrected chi connectivity index (χ2v) is 4.51. The quantitative estimate of drug-likeness (QED) is 0.861. The molecule has 94 valence electrons. The normalized spacial score (nSPS) is 12.5. The van der Waals surface area contributed by atoms with E-state index >= 15 is 0 Å². The van der Waals surface area contributed by atoms with Gasteiger partial charge in [-0.2, -0.15) is 0 Å². The average molecular weight is 247 g/mol. The summed E-state index contributed by atoms with van der Waals surface area (Å²) < 4.78 is 26.8. The minimum absolute atomic E-state index is 0.315. The van der Waals surface area contributed by atoms with Crippen molar-refractivity contribution in [1.82, 2.24) is 0 Å². The van der Waals surface area contributed by atoms with E-state index in [1.54, 1.807) is 12.1 Å². The van der Waals surface area contributed by atoms with Gasteiger partial charge in [0.1, 0.15) is 11.6 Å². The molecule has 0 spiro atoms. The van der Waals surface area contributed by atoms with Crippen LogP contribution in [0.2, 0.25) is 0 Å². The number of aryl methyl sites for hydroxylation is 2. The van der Waals surface area contributed by atoms with Crippen LogP contribution in [0.1, 0.15) is 28.3 Å². The van der Waals surface area contributed by atoms with Crippen LogP contribution in [0.4, 0.5) is 8.78 Å². The molecule has 1 unspecified atom stereocenters. The van der Waals surface area contributed by atoms with Crippen molar-refractivity contribution in [2.24, 2.45) is 5.73 Å². The Hall–Kier alpha value is -1.74. The van der Waals surface area contributed by atoms with E-state index in [1.807, 2.05) is 19.9 Å². The van der Waals surface area contributed by atoms with Crippen molar-refractivity contribution in [3.05, 3.63) is 70.3 Å². The van der Waals surface area contributed by atoms with Crippen LogP contribution in [0.15, 0.2) is 36.4 Å². The van der Waals surface area contributed by atoms with E-state index in [4.69, 9.17) is 5.73 Å². The minimum atomic E-state index is -0.578. The SMILES string of the molecule is Cc1cc(C)c(C(N)c2ccc(F)cc2)c(F)c1. The molecule has 2 N–H and O–H groups in total. The molecule has 1 atom stereocenters. The lowest BCUT2D eigenvalue weighted by atomic mass is 9.94. The molecule has 2 rings (SSSR count). The van der Waals surface area contributed by atoms with Gasteiger partial charge in [-0.25, -0.2) is 8.78 Å². The van der Waals surface area contributed by atoms with Crippen LogP contribution in [-0.2, 0) is 0 Å². The molecule has 2 aromatic carbocycles. The molecule has 0 heterocycles. The molecule has 0 amide bonds. The second kappa shape index (κ2) is 4.86. The predicted octanol–water partition coefficient (Wildman–Crippen LogP) is 3.63. The number of hydrogen-bond acceptors (Lipinski definition) is 1. The third-order valence-corrected chi connectivity index (χ3v) is 3.02. The van der Waals surface area contributed by atoms with Crippen molar-refractivity contribution >= 4 is 0 Å². The van der Waals surface area contributed by atoms with Crippen LogP contribution in [0, 0.1) is 25.5 Å². The Morgan fingerprint density at radius 2 is 1.61 bits per heavy atom. The lowest BCUT2D eigenvalue weighted by molar-refractivity contribution is 0.595. The maximum Gasteiger partial charge on any atom is 0.128 e. The van der Waals surface area contributed by atoms with Crippen LogP contribution in [0.3, 0.4) is 0 Å². The first-order valence-corrected chi connectivity index (χ1v) is 5.76. The molecule has 0 fully saturated rings. The van der Waals surface area contributed by atoms with Crippen molar-refractivity contribution < 1.29 is 8.78 Å². The summed E-state index contributed by atoms with van der Waals surface area (Å²) in [5.74, 6) is -0.642. The van der Waals surface area contributed by atoms with Crippen LogP contribution in [0.5, 0.6) is 0 Å². The standard InChI is InChI=1S/C15H15F2N/c1-9-7-10(2)14(13(17)8-9)15(18)11-3-5-12(16)6-4-11/h3-8,15H,18H2,1-2H3. The summed E-state index contributed by atoms with van der Waals surface area (Å²) in [5.41, 5.74) is 8.89. The highest BCUT2D eigenvalue weighted by atomic mass is 19.1. The van der Waals surface area contributed by atoms with Crippen molar-refractivity contribution in [3.63, 3.8) is 0 Å². The van der Waals surface area contributed by atoms with E-state index in [0.29, 0.717) is 11.1 Å². The van der Waals surface area contributed by atoms with Crippen LogP contribution < -0.4 is 5.73 Å². The number of hydrogen-bond donors (Lipinski definition) is 1. The molecule has 3 heteroatoms. The van der Waals surface area contributed by atoms with Crippen LogP contribution in [0.25, 0.3) is 0 Å². The Labute approximate surface area is 105 Å². The van der Waals surface area contributed by atoms with Crippen molar-refractivity contribution in [2.75, 3.05) is 0 Å². The molecule has 0 saturated carbocycles. The molecule has 0 aliphatic heterocycles. The molecule has 0 bridgehead atoms. The van der Waals surface area contributed by atoms with E-state index in [9.17, 15) is 8.78 Å². The zero-order chi connectivity index (χ0) is 13.3. The van der Waals surface area contributed by atoms with Crippen molar-refractivity contribution in [1.29, 1.82) is 0 Å². The zero-order valence-corrected chi connectivity index (χ0v) is 10.4. The molecule has 2 aromatic rings. The number of nitrogens with two attached hydrogens (primary N) is 1. The summed E-state index contributed by atoms with van der Waals surface area (Å²) in [6.45, 7) is 3.66. The fourth-order valence-electron chi connectivity index (χ4n) is 2.16. The molecule has 0 saturated heterocycles. The first-order valence-electron chi connectivity index (χ1n) is 5.76. The van der Waals surface area contributed by atoms with Gasteiger partial charge in [0.25, 0.3) is 0 Å². The molecule has 1 nitrogen and oxygen atoms in total. The zero-order valence-electron chi connectivity index (χ0n) is 10.4. The average Bonchev–Trinajstić information content (AvgIpc) is 2.28. The van der Waals surface area contributed by atoms with Crippen LogP contribution in [-0.4, -0.2) is 0 Å². The number of halogens is 2. The van der Waals surface area contributed by atoms with Gasteiger partial charge in [0, 0.05) is 5.56 Å². The van der Waals surface area contributed by atoms with Gasteiger partial charge < -0.3 is 5.73 Å². The van der Waals surface area contributed by atoms with Crippen molar-refractivity contribution in [2.45, 2.75) is 19.9 Å². The fourth-order valence-corrected chi connectivity index (χ4v) is 2.16. The smallest absolute Gasteiger partial charge is 0.128 e. The summed E-state index contributed by atoms with van der Waals surface area (Å²) >= 11 is 0. The van der Waals surface area contributed by atoms with Gasteiger partial charge in [-0.1, -0.05) is 18.2 Å². The summed E-state index contributed by atoms with van der Waals surface area (Å²) in [5, 5.41) is 0. The van der Waals surface area contributed by atoms with E-state index in [0.717, 1.165) is 11.1 Å². The Morgan fingerprint density at radius 3 is 2.17 bits per heavy atom. The third kappa shape index (κ3) is 2.41. The molecule has 18 heavy (non-hydrogen) atoms. The van der Waals surface area contributed by atoms with E-state index in [1.165, 1.54) is 18.2 Å². The van der Waals surface area contributed by atoms with Gasteiger partial charge in [0.05, 0.1) is 6.04 Å². The first-order chi connectivity index (χ1) is 8.49. The minimum Gasteiger partial charge on any atom is -0.320 e. The summed E-state index contributed by atoms with van der Waals surface area (Å²) in [4.78, 5) is 0. The monoisotopic (exact) mass is 247 g/mol. The summed E-state index contributed by atoms with van der Waals surface area (Å²) in [6.07, 6.45) is 0. The van der Waals surface area contributed by atoms with Crippen LogP contribution >= 0.6 is 0 Å². The highest BCUT2D eigenvalue weighted by Crippen LogP contribution is 2.26. The summed E-state index contributed by atoms with van der Waals surface area (Å²) in [6, 6.07) is 8.60. The molecule has 0 aliphatic carbocycles. The number of benzene rings is 2. The third-order valence-electron chi connectivity index (χ3n) is 3.02. The van der Waals surface area contributed by atoms with E-state index < -0.39 is 6.04 Å². The first kappa shape index (κ1) is 12.7. The Balaban J connectivity index is 2.46. The summed E-state index contributed by atoms with van der Waals surface area (Å²) in [7, 11) is 0. The maximum absolute atomic E-state index is 14.0. The molecule has 0 radical (unpaired) electrons. The Morgan fingerprint density at radius 1 is 1.00 bits per heavy atom. The maximum atomic E-state index is 14.0. The predicted molar refractivity (Wildman–Crippen MR) is 68.3 cm³/mol. The van der Waals surface area contributed by atoms with Gasteiger partial charge in [-0.05, 0) is 48.7 Å². The topological polar surface area (TPSA) is 26.0 Å². The second-order valence-electron chi connectivity index (χ2n) is 4.51. The van der Waals surface area contributed by atoms with E-state index in [-0.39, 0.29) is 11.6 Å². The highest BCUT2D eigenvalue weighted by Gasteiger charge is 2.16. The lowest BCUT2D eigenvalue weighted by Crippen LogP contribution is -2.15. The van der Waals surface area contributed by atoms with Gasteiger partial charge in [-0.15, -0.1) is 0 Å². The Kier molecular flexibility index (Phi) is 3.43. The highest BCUT2D eigenvalue weighted by molar-refractivity contribution is 5.39. The van der Waals surface area contributed by atoms with E-state index in [2.05, 4.69) is 0 Å². The fraction of sp³-hybridized carbons (Fsp3) is 0.200. The lowest BCUT2D eigenvalue weighted by Gasteiger charge is -2.17. The largest absolute Gasteiger partial charge is 0.320 e. The molecular weight excluding hydrogens is 232 g/mol. The number of rotatable bonds is 2. The molecule has 0 aromatic heterocycles. The van der Waals surface area contributed by atoms with Crippen molar-refractivity contribution in [3.8, 4) is 0 Å². The van der Waals surface area contributed by atoms with Gasteiger partial charge in [-0.3, -0.25) is 0 Å². The Bertz CT molecular complexity index is 538. The van der Waals surface area contributed by atoms with Gasteiger partial charge in [0.15, 0.2) is 0 Å². The molecular formula is C15H15F2N. The molecule has 0 aliphatic rings. The van der Waals surface area contributed by atoms with Gasteiger partial charge >= 0.3 is 0 Å².